The molecule has 0 bridgehead atoms. The Morgan fingerprint density at radius 3 is 2.85 bits per heavy atom. The van der Waals surface area contributed by atoms with Crippen LogP contribution in [-0.2, 0) is 0 Å². The van der Waals surface area contributed by atoms with E-state index >= 15 is 0 Å². The highest BCUT2D eigenvalue weighted by Gasteiger charge is 2.46. The van der Waals surface area contributed by atoms with Crippen LogP contribution in [0.15, 0.2) is 36.8 Å². The minimum absolute atomic E-state index is 0.0791. The smallest absolute Gasteiger partial charge is 0.255 e. The molecule has 1 fully saturated rings. The van der Waals surface area contributed by atoms with Crippen molar-refractivity contribution in [3.05, 3.63) is 53.5 Å². The number of rotatable bonds is 6. The van der Waals surface area contributed by atoms with Crippen molar-refractivity contribution in [3.8, 4) is 0 Å². The largest absolute Gasteiger partial charge is 0.366 e. The molecule has 0 radical (unpaired) electrons. The van der Waals surface area contributed by atoms with Crippen molar-refractivity contribution >= 4 is 28.8 Å². The fourth-order valence-corrected chi connectivity index (χ4v) is 4.07. The van der Waals surface area contributed by atoms with Gasteiger partial charge in [-0.3, -0.25) is 4.79 Å². The van der Waals surface area contributed by atoms with Gasteiger partial charge in [0.1, 0.15) is 11.5 Å². The third-order valence-electron chi connectivity index (χ3n) is 5.82. The predicted octanol–water partition coefficient (Wildman–Crippen LogP) is 3.67. The van der Waals surface area contributed by atoms with E-state index in [0.29, 0.717) is 29.4 Å². The third-order valence-corrected chi connectivity index (χ3v) is 5.82. The number of hydrogen-bond donors (Lipinski definition) is 3. The summed E-state index contributed by atoms with van der Waals surface area (Å²) in [6, 6.07) is 3.16. The molecule has 3 aromatic heterocycles. The van der Waals surface area contributed by atoms with Crippen LogP contribution in [0, 0.1) is 0 Å². The Balaban J connectivity index is 1.40. The lowest BCUT2D eigenvalue weighted by atomic mass is 9.88. The van der Waals surface area contributed by atoms with Gasteiger partial charge in [0.2, 0.25) is 5.95 Å². The van der Waals surface area contributed by atoms with Crippen LogP contribution < -0.4 is 16.0 Å². The van der Waals surface area contributed by atoms with Crippen LogP contribution in [-0.4, -0.2) is 56.2 Å². The molecule has 0 atom stereocenters. The Bertz CT molecular complexity index is 1290. The molecule has 11 heteroatoms. The number of nitrogens with zero attached hydrogens (tertiary/aromatic N) is 4. The van der Waals surface area contributed by atoms with Gasteiger partial charge in [-0.2, -0.15) is 10.1 Å². The molecule has 8 nitrogen and oxygen atoms in total. The van der Waals surface area contributed by atoms with Crippen molar-refractivity contribution in [2.45, 2.75) is 44.3 Å². The second-order valence-corrected chi connectivity index (χ2v) is 9.26. The third kappa shape index (κ3) is 4.42. The lowest BCUT2D eigenvalue weighted by Crippen LogP contribution is -2.50. The van der Waals surface area contributed by atoms with E-state index in [2.05, 4.69) is 31.0 Å². The molecule has 34 heavy (non-hydrogen) atoms. The topological polar surface area (TPSA) is 96.2 Å². The standard InChI is InChI=1S/C23H24F3N7O/c1-22(2,24)12-29-21-28-10-16-15(3-5-27-19(16)32-21)13-4-6-33-18(7-13)17(11-30-33)20(34)31-14-8-23(25,26)9-14/h3-4,6-7,10-11,14H,5,8-9,12H2,1-2H3,(H,31,34)(H2,27,28,29,32). The molecule has 3 N–H and O–H groups in total. The molecule has 0 saturated heterocycles. The summed E-state index contributed by atoms with van der Waals surface area (Å²) in [5.41, 5.74) is 1.95. The van der Waals surface area contributed by atoms with Crippen LogP contribution in [0.5, 0.6) is 0 Å². The van der Waals surface area contributed by atoms with E-state index in [4.69, 9.17) is 0 Å². The molecular weight excluding hydrogens is 447 g/mol. The van der Waals surface area contributed by atoms with Gasteiger partial charge in [-0.1, -0.05) is 6.08 Å². The number of carbonyl (C=O) groups is 1. The molecule has 178 valence electrons. The van der Waals surface area contributed by atoms with E-state index in [0.717, 1.165) is 16.7 Å². The number of carbonyl (C=O) groups excluding carboxylic acids is 1. The average molecular weight is 471 g/mol. The molecular formula is C23H24F3N7O. The lowest BCUT2D eigenvalue weighted by Gasteiger charge is -2.35. The van der Waals surface area contributed by atoms with Crippen LogP contribution in [0.4, 0.5) is 24.9 Å². The molecule has 0 aromatic carbocycles. The minimum atomic E-state index is -2.71. The Morgan fingerprint density at radius 1 is 1.32 bits per heavy atom. The highest BCUT2D eigenvalue weighted by atomic mass is 19.3. The van der Waals surface area contributed by atoms with E-state index in [1.54, 1.807) is 16.9 Å². The summed E-state index contributed by atoms with van der Waals surface area (Å²) in [5, 5.41) is 13.0. The number of anilines is 2. The van der Waals surface area contributed by atoms with Gasteiger partial charge < -0.3 is 16.0 Å². The Labute approximate surface area is 193 Å². The average Bonchev–Trinajstić information content (AvgIpc) is 3.18. The fraction of sp³-hybridized carbons (Fsp3) is 0.391. The minimum Gasteiger partial charge on any atom is -0.366 e. The number of hydrogen-bond acceptors (Lipinski definition) is 6. The first kappa shape index (κ1) is 22.2. The number of pyridine rings is 1. The van der Waals surface area contributed by atoms with Crippen molar-refractivity contribution in [2.24, 2.45) is 0 Å². The second-order valence-electron chi connectivity index (χ2n) is 9.26. The van der Waals surface area contributed by atoms with Crippen LogP contribution in [0.25, 0.3) is 11.1 Å². The first-order valence-corrected chi connectivity index (χ1v) is 11.0. The van der Waals surface area contributed by atoms with E-state index in [9.17, 15) is 18.0 Å². The first-order chi connectivity index (χ1) is 16.1. The number of nitrogens with one attached hydrogen (secondary N) is 3. The lowest BCUT2D eigenvalue weighted by molar-refractivity contribution is -0.0901. The molecule has 1 aliphatic heterocycles. The summed E-state index contributed by atoms with van der Waals surface area (Å²) in [4.78, 5) is 21.5. The fourth-order valence-electron chi connectivity index (χ4n) is 4.07. The number of aromatic nitrogens is 4. The maximum absolute atomic E-state index is 13.8. The van der Waals surface area contributed by atoms with Gasteiger partial charge in [0.25, 0.3) is 11.8 Å². The van der Waals surface area contributed by atoms with Crippen molar-refractivity contribution in [3.63, 3.8) is 0 Å². The van der Waals surface area contributed by atoms with E-state index in [1.807, 2.05) is 18.2 Å². The van der Waals surface area contributed by atoms with Crippen molar-refractivity contribution in [2.75, 3.05) is 23.7 Å². The molecule has 2 aliphatic rings. The number of halogens is 3. The van der Waals surface area contributed by atoms with E-state index in [-0.39, 0.29) is 19.4 Å². The van der Waals surface area contributed by atoms with E-state index in [1.165, 1.54) is 20.0 Å². The van der Waals surface area contributed by atoms with Gasteiger partial charge in [-0.15, -0.1) is 0 Å². The van der Waals surface area contributed by atoms with Crippen molar-refractivity contribution < 1.29 is 18.0 Å². The van der Waals surface area contributed by atoms with Crippen LogP contribution >= 0.6 is 0 Å². The summed E-state index contributed by atoms with van der Waals surface area (Å²) < 4.78 is 41.6. The number of alkyl halides is 3. The zero-order valence-electron chi connectivity index (χ0n) is 18.7. The van der Waals surface area contributed by atoms with Gasteiger partial charge in [0.15, 0.2) is 0 Å². The van der Waals surface area contributed by atoms with Crippen LogP contribution in [0.1, 0.15) is 48.2 Å². The van der Waals surface area contributed by atoms with Gasteiger partial charge in [-0.25, -0.2) is 22.7 Å². The Morgan fingerprint density at radius 2 is 2.12 bits per heavy atom. The van der Waals surface area contributed by atoms with Gasteiger partial charge in [0.05, 0.1) is 23.8 Å². The molecule has 3 aromatic rings. The highest BCUT2D eigenvalue weighted by Crippen LogP contribution is 2.37. The number of amides is 1. The molecule has 0 spiro atoms. The summed E-state index contributed by atoms with van der Waals surface area (Å²) in [7, 11) is 0. The SMILES string of the molecule is CC(C)(F)CNc1ncc2c(n1)NCC=C2c1ccn2ncc(C(=O)NC3CC(F)(F)C3)c2c1. The quantitative estimate of drug-likeness (QED) is 0.508. The zero-order valence-corrected chi connectivity index (χ0v) is 18.7. The summed E-state index contributed by atoms with van der Waals surface area (Å²) in [6.07, 6.45) is 6.13. The van der Waals surface area contributed by atoms with E-state index < -0.39 is 23.5 Å². The Kier molecular flexibility index (Phi) is 5.22. The summed E-state index contributed by atoms with van der Waals surface area (Å²) in [5.74, 6) is -2.20. The highest BCUT2D eigenvalue weighted by molar-refractivity contribution is 6.01. The van der Waals surface area contributed by atoms with Gasteiger partial charge in [0, 0.05) is 43.4 Å². The summed E-state index contributed by atoms with van der Waals surface area (Å²) in [6.45, 7) is 3.55. The zero-order chi connectivity index (χ0) is 24.1. The maximum Gasteiger partial charge on any atom is 0.255 e. The Hall–Kier alpha value is -3.63. The normalized spacial score (nSPS) is 17.4. The van der Waals surface area contributed by atoms with Crippen LogP contribution in [0.3, 0.4) is 0 Å². The molecule has 1 saturated carbocycles. The molecule has 1 aliphatic carbocycles. The van der Waals surface area contributed by atoms with Gasteiger partial charge >= 0.3 is 0 Å². The van der Waals surface area contributed by atoms with Crippen LogP contribution in [0.2, 0.25) is 0 Å². The first-order valence-electron chi connectivity index (χ1n) is 11.0. The predicted molar refractivity (Wildman–Crippen MR) is 122 cm³/mol. The van der Waals surface area contributed by atoms with Crippen molar-refractivity contribution in [1.82, 2.24) is 24.9 Å². The van der Waals surface area contributed by atoms with Gasteiger partial charge in [-0.05, 0) is 37.1 Å². The monoisotopic (exact) mass is 471 g/mol. The molecule has 1 amide bonds. The van der Waals surface area contributed by atoms with Crippen molar-refractivity contribution in [1.29, 1.82) is 0 Å². The molecule has 4 heterocycles. The number of fused-ring (bicyclic) bond motifs is 2. The molecule has 0 unspecified atom stereocenters. The second kappa shape index (κ2) is 8.00. The molecule has 5 rings (SSSR count). The summed E-state index contributed by atoms with van der Waals surface area (Å²) >= 11 is 0. The maximum atomic E-state index is 13.8.